The summed E-state index contributed by atoms with van der Waals surface area (Å²) >= 11 is 2.92. The van der Waals surface area contributed by atoms with Crippen LogP contribution in [0.2, 0.25) is 0 Å². The first-order chi connectivity index (χ1) is 15.7. The number of fused-ring (bicyclic) bond motifs is 1. The highest BCUT2D eigenvalue weighted by Crippen LogP contribution is 2.30. The Kier molecular flexibility index (Phi) is 5.70. The Hall–Kier alpha value is -3.50. The Balaban J connectivity index is 1.51. The number of thioether (sulfide) groups is 1. The molecule has 5 aromatic rings. The van der Waals surface area contributed by atoms with Crippen molar-refractivity contribution in [3.8, 4) is 22.8 Å². The monoisotopic (exact) mass is 462 g/mol. The van der Waals surface area contributed by atoms with Crippen LogP contribution in [0.15, 0.2) is 76.4 Å². The smallest absolute Gasteiger partial charge is 0.258 e. The van der Waals surface area contributed by atoms with Gasteiger partial charge in [0.2, 0.25) is 0 Å². The van der Waals surface area contributed by atoms with Gasteiger partial charge in [-0.15, -0.1) is 21.5 Å². The first-order valence-electron chi connectivity index (χ1n) is 9.90. The van der Waals surface area contributed by atoms with Crippen LogP contribution in [0.3, 0.4) is 0 Å². The van der Waals surface area contributed by atoms with Gasteiger partial charge >= 0.3 is 0 Å². The average molecular weight is 463 g/mol. The van der Waals surface area contributed by atoms with E-state index in [4.69, 9.17) is 4.74 Å². The molecule has 0 radical (unpaired) electrons. The molecule has 0 unspecified atom stereocenters. The molecule has 0 amide bonds. The molecule has 0 bridgehead atoms. The van der Waals surface area contributed by atoms with Crippen LogP contribution in [0, 0.1) is 0 Å². The van der Waals surface area contributed by atoms with E-state index in [2.05, 4.69) is 20.2 Å². The number of ether oxygens (including phenoxy) is 1. The number of thiazole rings is 1. The Morgan fingerprint density at radius 2 is 1.91 bits per heavy atom. The Morgan fingerprint density at radius 1 is 1.09 bits per heavy atom. The van der Waals surface area contributed by atoms with E-state index in [9.17, 15) is 4.79 Å². The topological polar surface area (TPSA) is 87.2 Å². The van der Waals surface area contributed by atoms with E-state index in [1.807, 2.05) is 53.3 Å². The highest BCUT2D eigenvalue weighted by Gasteiger charge is 2.17. The normalized spacial score (nSPS) is 11.2. The average Bonchev–Trinajstić information content (AvgIpc) is 3.46. The fraction of sp³-hybridized carbons (Fsp3) is 0.136. The predicted molar refractivity (Wildman–Crippen MR) is 125 cm³/mol. The predicted octanol–water partition coefficient (Wildman–Crippen LogP) is 4.09. The maximum Gasteiger partial charge on any atom is 0.258 e. The minimum atomic E-state index is -0.0858. The van der Waals surface area contributed by atoms with Crippen molar-refractivity contribution in [2.75, 3.05) is 6.61 Å². The SMILES string of the molecule is CCOc1ccc(-n2c(SCc3cc(=O)n4ccsc4n3)nnc2-c2ccncc2)cc1. The van der Waals surface area contributed by atoms with Gasteiger partial charge in [-0.1, -0.05) is 11.8 Å². The number of nitrogens with zero attached hydrogens (tertiary/aromatic N) is 6. The lowest BCUT2D eigenvalue weighted by Gasteiger charge is -2.11. The zero-order valence-electron chi connectivity index (χ0n) is 17.1. The zero-order chi connectivity index (χ0) is 21.9. The van der Waals surface area contributed by atoms with E-state index in [1.54, 1.807) is 29.1 Å². The fourth-order valence-electron chi connectivity index (χ4n) is 3.24. The summed E-state index contributed by atoms with van der Waals surface area (Å²) in [5.74, 6) is 2.01. The largest absolute Gasteiger partial charge is 0.494 e. The van der Waals surface area contributed by atoms with Crippen molar-refractivity contribution in [2.45, 2.75) is 17.8 Å². The molecule has 0 atom stereocenters. The molecule has 0 N–H and O–H groups in total. The number of benzene rings is 1. The summed E-state index contributed by atoms with van der Waals surface area (Å²) in [5.41, 5.74) is 2.44. The van der Waals surface area contributed by atoms with Crippen molar-refractivity contribution in [3.63, 3.8) is 0 Å². The molecule has 0 aliphatic rings. The summed E-state index contributed by atoms with van der Waals surface area (Å²) in [6.07, 6.45) is 5.19. The molecule has 0 saturated carbocycles. The van der Waals surface area contributed by atoms with Crippen molar-refractivity contribution in [2.24, 2.45) is 0 Å². The van der Waals surface area contributed by atoms with E-state index in [-0.39, 0.29) is 5.56 Å². The molecular weight excluding hydrogens is 444 g/mol. The summed E-state index contributed by atoms with van der Waals surface area (Å²) in [7, 11) is 0. The zero-order valence-corrected chi connectivity index (χ0v) is 18.7. The lowest BCUT2D eigenvalue weighted by molar-refractivity contribution is 0.340. The lowest BCUT2D eigenvalue weighted by Crippen LogP contribution is -2.12. The Bertz CT molecular complexity index is 1410. The van der Waals surface area contributed by atoms with Gasteiger partial charge in [0.1, 0.15) is 5.75 Å². The Labute approximate surface area is 191 Å². The first-order valence-corrected chi connectivity index (χ1v) is 11.8. The molecule has 0 aliphatic heterocycles. The first kappa shape index (κ1) is 20.4. The highest BCUT2D eigenvalue weighted by molar-refractivity contribution is 7.98. The molecular formula is C22H18N6O2S2. The second-order valence-corrected chi connectivity index (χ2v) is 8.55. The molecule has 5 rings (SSSR count). The maximum absolute atomic E-state index is 12.3. The van der Waals surface area contributed by atoms with Gasteiger partial charge < -0.3 is 4.74 Å². The van der Waals surface area contributed by atoms with Gasteiger partial charge in [0.25, 0.3) is 5.56 Å². The van der Waals surface area contributed by atoms with Crippen LogP contribution in [-0.4, -0.2) is 35.7 Å². The number of hydrogen-bond acceptors (Lipinski definition) is 8. The third kappa shape index (κ3) is 4.02. The second-order valence-electron chi connectivity index (χ2n) is 6.73. The molecule has 0 saturated heterocycles. The minimum Gasteiger partial charge on any atom is -0.494 e. The number of aromatic nitrogens is 6. The summed E-state index contributed by atoms with van der Waals surface area (Å²) in [5, 5.41) is 11.4. The van der Waals surface area contributed by atoms with Crippen LogP contribution >= 0.6 is 23.1 Å². The highest BCUT2D eigenvalue weighted by atomic mass is 32.2. The summed E-state index contributed by atoms with van der Waals surface area (Å²) in [6.45, 7) is 2.56. The van der Waals surface area contributed by atoms with Crippen LogP contribution in [0.25, 0.3) is 22.0 Å². The molecule has 4 heterocycles. The molecule has 4 aromatic heterocycles. The summed E-state index contributed by atoms with van der Waals surface area (Å²) in [4.78, 5) is 21.7. The molecule has 0 fully saturated rings. The molecule has 160 valence electrons. The van der Waals surface area contributed by atoms with Gasteiger partial charge in [0, 0.05) is 47.0 Å². The van der Waals surface area contributed by atoms with Crippen LogP contribution in [0.4, 0.5) is 0 Å². The van der Waals surface area contributed by atoms with Gasteiger partial charge in [-0.25, -0.2) is 4.98 Å². The van der Waals surface area contributed by atoms with Crippen LogP contribution < -0.4 is 10.3 Å². The van der Waals surface area contributed by atoms with Crippen molar-refractivity contribution in [1.82, 2.24) is 29.1 Å². The number of hydrogen-bond donors (Lipinski definition) is 0. The van der Waals surface area contributed by atoms with Crippen LogP contribution in [0.1, 0.15) is 12.6 Å². The maximum atomic E-state index is 12.3. The number of rotatable bonds is 7. The van der Waals surface area contributed by atoms with Crippen molar-refractivity contribution < 1.29 is 4.74 Å². The third-order valence-electron chi connectivity index (χ3n) is 4.68. The third-order valence-corrected chi connectivity index (χ3v) is 6.40. The van der Waals surface area contributed by atoms with Crippen molar-refractivity contribution >= 4 is 28.1 Å². The van der Waals surface area contributed by atoms with Crippen molar-refractivity contribution in [1.29, 1.82) is 0 Å². The van der Waals surface area contributed by atoms with Crippen molar-refractivity contribution in [3.05, 3.63) is 82.5 Å². The van der Waals surface area contributed by atoms with Gasteiger partial charge in [-0.2, -0.15) is 0 Å². The van der Waals surface area contributed by atoms with Gasteiger partial charge in [0.05, 0.1) is 12.3 Å². The number of pyridine rings is 1. The van der Waals surface area contributed by atoms with E-state index in [1.165, 1.54) is 23.1 Å². The van der Waals surface area contributed by atoms with E-state index in [0.717, 1.165) is 17.0 Å². The molecule has 32 heavy (non-hydrogen) atoms. The molecule has 10 heteroatoms. The summed E-state index contributed by atoms with van der Waals surface area (Å²) in [6, 6.07) is 13.2. The van der Waals surface area contributed by atoms with Crippen LogP contribution in [-0.2, 0) is 5.75 Å². The quantitative estimate of drug-likeness (QED) is 0.337. The standard InChI is InChI=1S/C22H18N6O2S2/c1-2-30-18-5-3-17(4-6-18)28-20(15-7-9-23-10-8-15)25-26-22(28)32-14-16-13-19(29)27-11-12-31-21(27)24-16/h3-13H,2,14H2,1H3. The van der Waals surface area contributed by atoms with E-state index in [0.29, 0.717) is 34.0 Å². The molecule has 0 aliphatic carbocycles. The Morgan fingerprint density at radius 3 is 2.69 bits per heavy atom. The molecule has 0 spiro atoms. The summed E-state index contributed by atoms with van der Waals surface area (Å²) < 4.78 is 9.11. The second kappa shape index (κ2) is 8.93. The van der Waals surface area contributed by atoms with E-state index < -0.39 is 0 Å². The van der Waals surface area contributed by atoms with E-state index >= 15 is 0 Å². The van der Waals surface area contributed by atoms with Crippen LogP contribution in [0.5, 0.6) is 5.75 Å². The lowest BCUT2D eigenvalue weighted by atomic mass is 10.2. The van der Waals surface area contributed by atoms with Gasteiger partial charge in [0.15, 0.2) is 15.9 Å². The fourth-order valence-corrected chi connectivity index (χ4v) is 4.83. The minimum absolute atomic E-state index is 0.0858. The van der Waals surface area contributed by atoms with Gasteiger partial charge in [-0.05, 0) is 43.3 Å². The molecule has 1 aromatic carbocycles. The van der Waals surface area contributed by atoms with Gasteiger partial charge in [-0.3, -0.25) is 18.7 Å². The molecule has 8 nitrogen and oxygen atoms in total.